The molecule has 0 aliphatic carbocycles. The Morgan fingerprint density at radius 2 is 1.29 bits per heavy atom. The van der Waals surface area contributed by atoms with Crippen molar-refractivity contribution in [2.75, 3.05) is 27.2 Å². The van der Waals surface area contributed by atoms with E-state index < -0.39 is 8.10 Å². The van der Waals surface area contributed by atoms with E-state index in [1.807, 2.05) is 23.4 Å². The Hall–Kier alpha value is 0.150. The number of hydrogen-bond donors (Lipinski definition) is 0. The zero-order valence-electron chi connectivity index (χ0n) is 10.0. The van der Waals surface area contributed by atoms with Crippen molar-refractivity contribution in [1.82, 2.24) is 9.34 Å². The fourth-order valence-electron chi connectivity index (χ4n) is 1.27. The van der Waals surface area contributed by atoms with Crippen molar-refractivity contribution in [3.8, 4) is 0 Å². The van der Waals surface area contributed by atoms with Gasteiger partial charge in [-0.05, 0) is 26.9 Å². The van der Waals surface area contributed by atoms with E-state index in [1.54, 1.807) is 0 Å². The molecule has 86 valence electrons. The fraction of sp³-hybridized carbons (Fsp3) is 1.00. The lowest BCUT2D eigenvalue weighted by Crippen LogP contribution is -2.21. The molecule has 0 atom stereocenters. The summed E-state index contributed by atoms with van der Waals surface area (Å²) in [6.07, 6.45) is 4.60. The number of unbranched alkanes of at least 4 members (excludes halogenated alkanes) is 2. The third kappa shape index (κ3) is 5.79. The summed E-state index contributed by atoms with van der Waals surface area (Å²) in [5, 5.41) is 0. The second-order valence-corrected chi connectivity index (χ2v) is 5.92. The molecular formula is C10H25N2OP. The molecule has 0 aromatic rings. The maximum Gasteiger partial charge on any atom is 0.204 e. The predicted molar refractivity (Wildman–Crippen MR) is 64.1 cm³/mol. The molecule has 0 aromatic carbocycles. The van der Waals surface area contributed by atoms with Crippen LogP contribution in [0.2, 0.25) is 0 Å². The summed E-state index contributed by atoms with van der Waals surface area (Å²) in [7, 11) is 2.24. The summed E-state index contributed by atoms with van der Waals surface area (Å²) >= 11 is 0. The summed E-state index contributed by atoms with van der Waals surface area (Å²) in [6, 6.07) is 0. The Labute approximate surface area is 89.4 Å². The standard InChI is InChI=1S/C10H25N2OP/c1-5-7-9-11(3)14(13)12(4)10-8-6-2/h14H,5-10H2,1-4H3. The molecular weight excluding hydrogens is 195 g/mol. The third-order valence-electron chi connectivity index (χ3n) is 2.35. The second-order valence-electron chi connectivity index (χ2n) is 3.83. The zero-order valence-corrected chi connectivity index (χ0v) is 11.0. The molecule has 0 amide bonds. The van der Waals surface area contributed by atoms with Crippen LogP contribution in [0.15, 0.2) is 0 Å². The highest BCUT2D eigenvalue weighted by molar-refractivity contribution is 7.39. The number of nitrogens with zero attached hydrogens (tertiary/aromatic N) is 2. The van der Waals surface area contributed by atoms with E-state index in [4.69, 9.17) is 0 Å². The van der Waals surface area contributed by atoms with Crippen molar-refractivity contribution in [3.63, 3.8) is 0 Å². The molecule has 0 aliphatic rings. The SMILES string of the molecule is CCCCN(C)[PH](=O)N(C)CCCC. The lowest BCUT2D eigenvalue weighted by atomic mass is 10.3. The van der Waals surface area contributed by atoms with Gasteiger partial charge in [0.05, 0.1) is 0 Å². The minimum atomic E-state index is -1.67. The maximum absolute atomic E-state index is 11.9. The first-order valence-corrected chi connectivity index (χ1v) is 6.90. The second kappa shape index (κ2) is 8.46. The van der Waals surface area contributed by atoms with Gasteiger partial charge in [0.25, 0.3) is 0 Å². The summed E-state index contributed by atoms with van der Waals surface area (Å²) < 4.78 is 15.9. The van der Waals surface area contributed by atoms with Gasteiger partial charge in [-0.15, -0.1) is 0 Å². The monoisotopic (exact) mass is 220 g/mol. The number of hydrogen-bond acceptors (Lipinski definition) is 1. The van der Waals surface area contributed by atoms with E-state index in [-0.39, 0.29) is 0 Å². The lowest BCUT2D eigenvalue weighted by Gasteiger charge is -2.23. The van der Waals surface area contributed by atoms with Gasteiger partial charge in [0, 0.05) is 13.1 Å². The Morgan fingerprint density at radius 1 is 0.929 bits per heavy atom. The molecule has 0 fully saturated rings. The van der Waals surface area contributed by atoms with Gasteiger partial charge < -0.3 is 0 Å². The molecule has 0 aromatic heterocycles. The normalized spacial score (nSPS) is 11.9. The molecule has 0 heterocycles. The summed E-state index contributed by atoms with van der Waals surface area (Å²) in [5.41, 5.74) is 0. The van der Waals surface area contributed by atoms with E-state index in [0.717, 1.165) is 38.8 Å². The largest absolute Gasteiger partial charge is 0.292 e. The molecule has 0 rings (SSSR count). The predicted octanol–water partition coefficient (Wildman–Crippen LogP) is 2.84. The molecule has 14 heavy (non-hydrogen) atoms. The van der Waals surface area contributed by atoms with Crippen molar-refractivity contribution >= 4 is 8.10 Å². The Morgan fingerprint density at radius 3 is 1.57 bits per heavy atom. The molecule has 0 spiro atoms. The van der Waals surface area contributed by atoms with Crippen LogP contribution in [-0.2, 0) is 4.57 Å². The fourth-order valence-corrected chi connectivity index (χ4v) is 2.55. The molecule has 4 heteroatoms. The van der Waals surface area contributed by atoms with E-state index in [2.05, 4.69) is 13.8 Å². The first-order valence-electron chi connectivity index (χ1n) is 5.59. The van der Waals surface area contributed by atoms with E-state index in [9.17, 15) is 4.57 Å². The van der Waals surface area contributed by atoms with Crippen LogP contribution in [-0.4, -0.2) is 36.5 Å². The molecule has 3 nitrogen and oxygen atoms in total. The Balaban J connectivity index is 3.78. The van der Waals surface area contributed by atoms with Crippen LogP contribution in [0, 0.1) is 0 Å². The van der Waals surface area contributed by atoms with Crippen LogP contribution in [0.3, 0.4) is 0 Å². The highest BCUT2D eigenvalue weighted by atomic mass is 31.1. The van der Waals surface area contributed by atoms with Gasteiger partial charge in [0.15, 0.2) is 0 Å². The minimum absolute atomic E-state index is 0.949. The van der Waals surface area contributed by atoms with Crippen LogP contribution >= 0.6 is 8.10 Å². The van der Waals surface area contributed by atoms with Gasteiger partial charge in [0.1, 0.15) is 0 Å². The van der Waals surface area contributed by atoms with Crippen molar-refractivity contribution in [3.05, 3.63) is 0 Å². The summed E-state index contributed by atoms with van der Waals surface area (Å²) in [5.74, 6) is 0. The average Bonchev–Trinajstić information content (AvgIpc) is 2.21. The van der Waals surface area contributed by atoms with Crippen molar-refractivity contribution in [1.29, 1.82) is 0 Å². The molecule has 0 bridgehead atoms. The molecule has 0 radical (unpaired) electrons. The maximum atomic E-state index is 11.9. The van der Waals surface area contributed by atoms with Gasteiger partial charge in [-0.2, -0.15) is 0 Å². The van der Waals surface area contributed by atoms with Crippen molar-refractivity contribution < 1.29 is 4.57 Å². The van der Waals surface area contributed by atoms with Gasteiger partial charge in [-0.3, -0.25) is 4.57 Å². The quantitative estimate of drug-likeness (QED) is 0.588. The number of rotatable bonds is 8. The van der Waals surface area contributed by atoms with Crippen molar-refractivity contribution in [2.45, 2.75) is 39.5 Å². The van der Waals surface area contributed by atoms with E-state index in [0.29, 0.717) is 0 Å². The van der Waals surface area contributed by atoms with Gasteiger partial charge in [0.2, 0.25) is 8.10 Å². The van der Waals surface area contributed by atoms with Gasteiger partial charge in [-0.1, -0.05) is 26.7 Å². The molecule has 0 saturated carbocycles. The molecule has 0 saturated heterocycles. The first kappa shape index (κ1) is 14.2. The summed E-state index contributed by atoms with van der Waals surface area (Å²) in [4.78, 5) is 0. The highest BCUT2D eigenvalue weighted by Crippen LogP contribution is 2.29. The van der Waals surface area contributed by atoms with Gasteiger partial charge >= 0.3 is 0 Å². The van der Waals surface area contributed by atoms with E-state index in [1.165, 1.54) is 0 Å². The third-order valence-corrected chi connectivity index (χ3v) is 4.10. The van der Waals surface area contributed by atoms with Crippen LogP contribution in [0.25, 0.3) is 0 Å². The zero-order chi connectivity index (χ0) is 11.0. The minimum Gasteiger partial charge on any atom is -0.292 e. The molecule has 0 aliphatic heterocycles. The highest BCUT2D eigenvalue weighted by Gasteiger charge is 2.11. The Bertz CT molecular complexity index is 148. The molecule has 0 N–H and O–H groups in total. The van der Waals surface area contributed by atoms with E-state index >= 15 is 0 Å². The van der Waals surface area contributed by atoms with Crippen LogP contribution < -0.4 is 0 Å². The van der Waals surface area contributed by atoms with Crippen LogP contribution in [0.1, 0.15) is 39.5 Å². The van der Waals surface area contributed by atoms with Crippen molar-refractivity contribution in [2.24, 2.45) is 0 Å². The first-order chi connectivity index (χ1) is 6.63. The summed E-state index contributed by atoms with van der Waals surface area (Å²) in [6.45, 7) is 6.22. The Kier molecular flexibility index (Phi) is 8.55. The average molecular weight is 220 g/mol. The lowest BCUT2D eigenvalue weighted by molar-refractivity contribution is 0.401. The topological polar surface area (TPSA) is 23.6 Å². The molecule has 0 unspecified atom stereocenters. The van der Waals surface area contributed by atoms with Crippen LogP contribution in [0.5, 0.6) is 0 Å². The van der Waals surface area contributed by atoms with Gasteiger partial charge in [-0.25, -0.2) is 9.34 Å². The smallest absolute Gasteiger partial charge is 0.204 e. The van der Waals surface area contributed by atoms with Crippen LogP contribution in [0.4, 0.5) is 0 Å².